The molecule has 0 bridgehead atoms. The lowest BCUT2D eigenvalue weighted by Crippen LogP contribution is -2.16. The number of carbonyl (C=O) groups excluding carboxylic acids is 1. The van der Waals surface area contributed by atoms with E-state index in [1.165, 1.54) is 24.3 Å². The molecule has 0 saturated carbocycles. The van der Waals surface area contributed by atoms with Crippen molar-refractivity contribution in [1.82, 2.24) is 10.2 Å². The lowest BCUT2D eigenvalue weighted by atomic mass is 10.1. The zero-order valence-corrected chi connectivity index (χ0v) is 12.4. The molecule has 2 aromatic rings. The van der Waals surface area contributed by atoms with E-state index in [-0.39, 0.29) is 32.1 Å². The summed E-state index contributed by atoms with van der Waals surface area (Å²) >= 11 is 17.2. The summed E-state index contributed by atoms with van der Waals surface area (Å²) in [5.41, 5.74) is -0.117. The zero-order valence-electron chi connectivity index (χ0n) is 10.1. The van der Waals surface area contributed by atoms with Crippen LogP contribution in [0.25, 0.3) is 0 Å². The van der Waals surface area contributed by atoms with Gasteiger partial charge in [-0.15, -0.1) is 10.2 Å². The van der Waals surface area contributed by atoms with Crippen LogP contribution >= 0.6 is 34.8 Å². The molecule has 2 rings (SSSR count). The van der Waals surface area contributed by atoms with Crippen LogP contribution in [0.15, 0.2) is 24.3 Å². The van der Waals surface area contributed by atoms with Gasteiger partial charge in [0.15, 0.2) is 10.3 Å². The molecule has 0 unspecified atom stereocenters. The average Bonchev–Trinajstić information content (AvgIpc) is 2.41. The predicted molar refractivity (Wildman–Crippen MR) is 78.4 cm³/mol. The molecule has 2 N–H and O–H groups in total. The lowest BCUT2D eigenvalue weighted by Gasteiger charge is -2.09. The number of carbonyl (C=O) groups is 2. The van der Waals surface area contributed by atoms with Gasteiger partial charge in [0, 0.05) is 5.02 Å². The van der Waals surface area contributed by atoms with Crippen LogP contribution in [0.2, 0.25) is 15.3 Å². The van der Waals surface area contributed by atoms with Crippen LogP contribution in [0.1, 0.15) is 20.7 Å². The van der Waals surface area contributed by atoms with Crippen LogP contribution in [0.4, 0.5) is 5.69 Å². The number of benzene rings is 1. The van der Waals surface area contributed by atoms with Crippen molar-refractivity contribution in [2.45, 2.75) is 0 Å². The molecule has 1 heterocycles. The minimum atomic E-state index is -1.21. The largest absolute Gasteiger partial charge is 0.478 e. The van der Waals surface area contributed by atoms with E-state index in [9.17, 15) is 9.59 Å². The molecule has 1 amide bonds. The Labute approximate surface area is 133 Å². The Balaban J connectivity index is 2.38. The Kier molecular flexibility index (Phi) is 4.62. The second-order valence-corrected chi connectivity index (χ2v) is 5.00. The molecular formula is C12H6Cl3N3O3. The van der Waals surface area contributed by atoms with Gasteiger partial charge in [-0.05, 0) is 24.3 Å². The van der Waals surface area contributed by atoms with Crippen LogP contribution in [-0.2, 0) is 0 Å². The summed E-state index contributed by atoms with van der Waals surface area (Å²) in [6.45, 7) is 0. The molecule has 0 saturated heterocycles. The predicted octanol–water partition coefficient (Wildman–Crippen LogP) is 3.39. The van der Waals surface area contributed by atoms with Crippen LogP contribution in [-0.4, -0.2) is 27.2 Å². The maximum absolute atomic E-state index is 12.1. The number of aromatic carboxylic acids is 1. The Morgan fingerprint density at radius 2 is 1.76 bits per heavy atom. The maximum atomic E-state index is 12.1. The van der Waals surface area contributed by atoms with Gasteiger partial charge < -0.3 is 10.4 Å². The highest BCUT2D eigenvalue weighted by atomic mass is 35.5. The lowest BCUT2D eigenvalue weighted by molar-refractivity contribution is 0.0698. The fraction of sp³-hybridized carbons (Fsp3) is 0. The molecule has 0 aliphatic carbocycles. The molecule has 0 aliphatic heterocycles. The number of hydrogen-bond acceptors (Lipinski definition) is 4. The summed E-state index contributed by atoms with van der Waals surface area (Å²) in [5, 5.41) is 18.5. The smallest absolute Gasteiger partial charge is 0.337 e. The Morgan fingerprint density at radius 1 is 1.05 bits per heavy atom. The Bertz CT molecular complexity index is 737. The number of halogens is 3. The summed E-state index contributed by atoms with van der Waals surface area (Å²) in [5.74, 6) is -1.89. The minimum absolute atomic E-state index is 0.0193. The zero-order chi connectivity index (χ0) is 15.6. The number of nitrogens with zero attached hydrogens (tertiary/aromatic N) is 2. The van der Waals surface area contributed by atoms with Gasteiger partial charge in [-0.25, -0.2) is 4.79 Å². The highest BCUT2D eigenvalue weighted by Crippen LogP contribution is 2.23. The highest BCUT2D eigenvalue weighted by molar-refractivity contribution is 6.35. The normalized spacial score (nSPS) is 10.2. The second kappa shape index (κ2) is 6.26. The number of hydrogen-bond donors (Lipinski definition) is 2. The van der Waals surface area contributed by atoms with Crippen molar-refractivity contribution in [3.63, 3.8) is 0 Å². The van der Waals surface area contributed by atoms with Crippen LogP contribution in [0, 0.1) is 0 Å². The van der Waals surface area contributed by atoms with E-state index in [1.54, 1.807) is 0 Å². The van der Waals surface area contributed by atoms with E-state index >= 15 is 0 Å². The topological polar surface area (TPSA) is 92.2 Å². The minimum Gasteiger partial charge on any atom is -0.478 e. The summed E-state index contributed by atoms with van der Waals surface area (Å²) in [4.78, 5) is 23.2. The molecule has 0 aliphatic rings. The summed E-state index contributed by atoms with van der Waals surface area (Å²) < 4.78 is 0. The Morgan fingerprint density at radius 3 is 2.43 bits per heavy atom. The molecular weight excluding hydrogens is 341 g/mol. The first-order valence-corrected chi connectivity index (χ1v) is 6.55. The van der Waals surface area contributed by atoms with Gasteiger partial charge in [-0.2, -0.15) is 0 Å². The molecule has 21 heavy (non-hydrogen) atoms. The van der Waals surface area contributed by atoms with E-state index in [1.807, 2.05) is 0 Å². The standard InChI is InChI=1S/C12H6Cl3N3O3/c13-5-1-2-6(12(20)21)8(3-5)16-11(19)7-4-9(14)17-18-10(7)15/h1-4H,(H,16,19)(H,20,21). The number of carboxylic acid groups (broad SMARTS) is 1. The van der Waals surface area contributed by atoms with Crippen molar-refractivity contribution < 1.29 is 14.7 Å². The third-order valence-corrected chi connectivity index (χ3v) is 3.12. The van der Waals surface area contributed by atoms with Crippen molar-refractivity contribution in [3.05, 3.63) is 50.7 Å². The second-order valence-electron chi connectivity index (χ2n) is 3.82. The molecule has 1 aromatic carbocycles. The van der Waals surface area contributed by atoms with E-state index in [4.69, 9.17) is 39.9 Å². The monoisotopic (exact) mass is 345 g/mol. The van der Waals surface area contributed by atoms with Crippen molar-refractivity contribution >= 4 is 52.4 Å². The first-order chi connectivity index (χ1) is 9.88. The molecule has 9 heteroatoms. The molecule has 0 fully saturated rings. The fourth-order valence-electron chi connectivity index (χ4n) is 1.51. The van der Waals surface area contributed by atoms with E-state index in [0.717, 1.165) is 0 Å². The van der Waals surface area contributed by atoms with Crippen molar-refractivity contribution in [1.29, 1.82) is 0 Å². The third-order valence-electron chi connectivity index (χ3n) is 2.42. The van der Waals surface area contributed by atoms with Crippen LogP contribution in [0.5, 0.6) is 0 Å². The molecule has 0 spiro atoms. The molecule has 0 radical (unpaired) electrons. The molecule has 0 atom stereocenters. The number of amides is 1. The third kappa shape index (κ3) is 3.60. The van der Waals surface area contributed by atoms with Gasteiger partial charge >= 0.3 is 5.97 Å². The SMILES string of the molecule is O=C(O)c1ccc(Cl)cc1NC(=O)c1cc(Cl)nnc1Cl. The molecule has 1 aromatic heterocycles. The number of nitrogens with one attached hydrogen (secondary N) is 1. The van der Waals surface area contributed by atoms with Gasteiger partial charge in [-0.3, -0.25) is 4.79 Å². The average molecular weight is 347 g/mol. The first kappa shape index (κ1) is 15.5. The molecule has 6 nitrogen and oxygen atoms in total. The summed E-state index contributed by atoms with van der Waals surface area (Å²) in [6.07, 6.45) is 0. The number of aromatic nitrogens is 2. The van der Waals surface area contributed by atoms with E-state index < -0.39 is 11.9 Å². The van der Waals surface area contributed by atoms with Crippen molar-refractivity contribution in [2.24, 2.45) is 0 Å². The highest BCUT2D eigenvalue weighted by Gasteiger charge is 2.17. The fourth-order valence-corrected chi connectivity index (χ4v) is 2.01. The van der Waals surface area contributed by atoms with Gasteiger partial charge in [0.05, 0.1) is 16.8 Å². The van der Waals surface area contributed by atoms with Gasteiger partial charge in [0.1, 0.15) is 0 Å². The first-order valence-electron chi connectivity index (χ1n) is 5.41. The number of rotatable bonds is 3. The van der Waals surface area contributed by atoms with Crippen LogP contribution in [0.3, 0.4) is 0 Å². The Hall–Kier alpha value is -1.89. The van der Waals surface area contributed by atoms with E-state index in [0.29, 0.717) is 0 Å². The summed E-state index contributed by atoms with van der Waals surface area (Å²) in [6, 6.07) is 5.21. The van der Waals surface area contributed by atoms with Crippen molar-refractivity contribution in [2.75, 3.05) is 5.32 Å². The van der Waals surface area contributed by atoms with Crippen LogP contribution < -0.4 is 5.32 Å². The number of carboxylic acids is 1. The number of anilines is 1. The molecule has 108 valence electrons. The quantitative estimate of drug-likeness (QED) is 0.888. The maximum Gasteiger partial charge on any atom is 0.337 e. The van der Waals surface area contributed by atoms with Crippen molar-refractivity contribution in [3.8, 4) is 0 Å². The van der Waals surface area contributed by atoms with Gasteiger partial charge in [-0.1, -0.05) is 34.8 Å². The van der Waals surface area contributed by atoms with E-state index in [2.05, 4.69) is 15.5 Å². The summed E-state index contributed by atoms with van der Waals surface area (Å²) in [7, 11) is 0. The van der Waals surface area contributed by atoms with Gasteiger partial charge in [0.25, 0.3) is 5.91 Å². The van der Waals surface area contributed by atoms with Gasteiger partial charge in [0.2, 0.25) is 0 Å².